The predicted molar refractivity (Wildman–Crippen MR) is 92.7 cm³/mol. The summed E-state index contributed by atoms with van der Waals surface area (Å²) in [5.74, 6) is -0.629. The van der Waals surface area contributed by atoms with Crippen molar-refractivity contribution in [2.24, 2.45) is 0 Å². The standard InChI is InChI=1S/C17H14FN3O2S/c1-10(15(22)19-12-8-6-11(18)7-9-12)24-17-20-14-5-3-2-4-13(14)16(23)21-17/h2-10H,1H3,(H,19,22)(H,20,21,23)/t10-/m0/s1. The van der Waals surface area contributed by atoms with Gasteiger partial charge in [0.15, 0.2) is 5.16 Å². The Morgan fingerprint density at radius 1 is 1.21 bits per heavy atom. The number of rotatable bonds is 4. The third kappa shape index (κ3) is 3.62. The van der Waals surface area contributed by atoms with E-state index in [4.69, 9.17) is 0 Å². The zero-order valence-corrected chi connectivity index (χ0v) is 13.6. The number of halogens is 1. The zero-order valence-electron chi connectivity index (χ0n) is 12.7. The van der Waals surface area contributed by atoms with E-state index in [0.29, 0.717) is 21.7 Å². The molecule has 24 heavy (non-hydrogen) atoms. The normalized spacial score (nSPS) is 12.1. The van der Waals surface area contributed by atoms with Crippen LogP contribution in [0.25, 0.3) is 10.9 Å². The summed E-state index contributed by atoms with van der Waals surface area (Å²) in [6, 6.07) is 12.5. The lowest BCUT2D eigenvalue weighted by Gasteiger charge is -2.11. The molecule has 122 valence electrons. The molecule has 3 aromatic rings. The smallest absolute Gasteiger partial charge is 0.259 e. The van der Waals surface area contributed by atoms with Gasteiger partial charge in [0, 0.05) is 5.69 Å². The monoisotopic (exact) mass is 343 g/mol. The summed E-state index contributed by atoms with van der Waals surface area (Å²) < 4.78 is 12.9. The van der Waals surface area contributed by atoms with Crippen LogP contribution in [0.5, 0.6) is 0 Å². The van der Waals surface area contributed by atoms with Crippen molar-refractivity contribution in [3.05, 3.63) is 64.7 Å². The lowest BCUT2D eigenvalue weighted by molar-refractivity contribution is -0.115. The fourth-order valence-electron chi connectivity index (χ4n) is 2.12. The molecule has 0 aliphatic rings. The molecule has 3 rings (SSSR count). The van der Waals surface area contributed by atoms with Gasteiger partial charge in [-0.3, -0.25) is 9.59 Å². The van der Waals surface area contributed by atoms with Gasteiger partial charge in [0.1, 0.15) is 5.82 Å². The molecule has 0 spiro atoms. The van der Waals surface area contributed by atoms with E-state index in [1.807, 2.05) is 0 Å². The number of amides is 1. The number of para-hydroxylation sites is 1. The molecule has 0 saturated carbocycles. The molecule has 0 aliphatic carbocycles. The summed E-state index contributed by atoms with van der Waals surface area (Å²) in [7, 11) is 0. The number of aromatic nitrogens is 2. The van der Waals surface area contributed by atoms with E-state index in [0.717, 1.165) is 11.8 Å². The lowest BCUT2D eigenvalue weighted by atomic mass is 10.2. The first-order valence-electron chi connectivity index (χ1n) is 7.25. The minimum Gasteiger partial charge on any atom is -0.325 e. The Kier molecular flexibility index (Phi) is 4.61. The van der Waals surface area contributed by atoms with Crippen LogP contribution in [-0.2, 0) is 4.79 Å². The molecule has 1 amide bonds. The highest BCUT2D eigenvalue weighted by Crippen LogP contribution is 2.21. The summed E-state index contributed by atoms with van der Waals surface area (Å²) in [6.45, 7) is 1.71. The van der Waals surface area contributed by atoms with Gasteiger partial charge in [0.05, 0.1) is 16.2 Å². The van der Waals surface area contributed by atoms with Gasteiger partial charge in [0.25, 0.3) is 5.56 Å². The Bertz CT molecular complexity index is 940. The van der Waals surface area contributed by atoms with Gasteiger partial charge in [-0.05, 0) is 43.3 Å². The third-order valence-corrected chi connectivity index (χ3v) is 4.34. The average molecular weight is 343 g/mol. The second-order valence-electron chi connectivity index (χ2n) is 5.14. The largest absolute Gasteiger partial charge is 0.325 e. The Labute approximate surface area is 141 Å². The number of anilines is 1. The minimum absolute atomic E-state index is 0.241. The van der Waals surface area contributed by atoms with E-state index < -0.39 is 5.25 Å². The van der Waals surface area contributed by atoms with Crippen LogP contribution in [0.3, 0.4) is 0 Å². The molecule has 0 radical (unpaired) electrons. The van der Waals surface area contributed by atoms with Crippen LogP contribution in [0.1, 0.15) is 6.92 Å². The third-order valence-electron chi connectivity index (χ3n) is 3.36. The first-order chi connectivity index (χ1) is 11.5. The molecule has 1 heterocycles. The molecule has 2 N–H and O–H groups in total. The van der Waals surface area contributed by atoms with E-state index in [9.17, 15) is 14.0 Å². The maximum Gasteiger partial charge on any atom is 0.259 e. The van der Waals surface area contributed by atoms with Crippen molar-refractivity contribution in [1.29, 1.82) is 0 Å². The molecular formula is C17H14FN3O2S. The highest BCUT2D eigenvalue weighted by Gasteiger charge is 2.16. The lowest BCUT2D eigenvalue weighted by Crippen LogP contribution is -2.23. The number of fused-ring (bicyclic) bond motifs is 1. The maximum atomic E-state index is 12.9. The quantitative estimate of drug-likeness (QED) is 0.564. The van der Waals surface area contributed by atoms with Gasteiger partial charge < -0.3 is 10.3 Å². The van der Waals surface area contributed by atoms with Gasteiger partial charge >= 0.3 is 0 Å². The van der Waals surface area contributed by atoms with Crippen molar-refractivity contribution >= 4 is 34.3 Å². The second kappa shape index (κ2) is 6.84. The molecular weight excluding hydrogens is 329 g/mol. The van der Waals surface area contributed by atoms with Gasteiger partial charge in [-0.25, -0.2) is 9.37 Å². The van der Waals surface area contributed by atoms with Crippen molar-refractivity contribution < 1.29 is 9.18 Å². The molecule has 0 unspecified atom stereocenters. The van der Waals surface area contributed by atoms with E-state index in [1.165, 1.54) is 24.3 Å². The molecule has 0 fully saturated rings. The molecule has 0 aliphatic heterocycles. The van der Waals surface area contributed by atoms with Crippen LogP contribution < -0.4 is 10.9 Å². The first-order valence-corrected chi connectivity index (χ1v) is 8.13. The van der Waals surface area contributed by atoms with Crippen molar-refractivity contribution in [3.63, 3.8) is 0 Å². The predicted octanol–water partition coefficient (Wildman–Crippen LogP) is 3.18. The van der Waals surface area contributed by atoms with Gasteiger partial charge in [-0.2, -0.15) is 0 Å². The molecule has 0 saturated heterocycles. The van der Waals surface area contributed by atoms with Crippen molar-refractivity contribution in [2.45, 2.75) is 17.3 Å². The number of carbonyl (C=O) groups excluding carboxylic acids is 1. The number of benzene rings is 2. The van der Waals surface area contributed by atoms with Gasteiger partial charge in [0.2, 0.25) is 5.91 Å². The van der Waals surface area contributed by atoms with Crippen molar-refractivity contribution in [1.82, 2.24) is 9.97 Å². The average Bonchev–Trinajstić information content (AvgIpc) is 2.57. The number of thioether (sulfide) groups is 1. The highest BCUT2D eigenvalue weighted by atomic mass is 32.2. The molecule has 1 aromatic heterocycles. The Morgan fingerprint density at radius 2 is 1.92 bits per heavy atom. The second-order valence-corrected chi connectivity index (χ2v) is 6.47. The van der Waals surface area contributed by atoms with Crippen LogP contribution in [0.15, 0.2) is 58.5 Å². The molecule has 1 atom stereocenters. The van der Waals surface area contributed by atoms with Crippen LogP contribution >= 0.6 is 11.8 Å². The number of nitrogens with zero attached hydrogens (tertiary/aromatic N) is 1. The Hall–Kier alpha value is -2.67. The fourth-order valence-corrected chi connectivity index (χ4v) is 2.92. The highest BCUT2D eigenvalue weighted by molar-refractivity contribution is 8.00. The number of hydrogen-bond acceptors (Lipinski definition) is 4. The van der Waals surface area contributed by atoms with Crippen LogP contribution in [-0.4, -0.2) is 21.1 Å². The van der Waals surface area contributed by atoms with E-state index >= 15 is 0 Å². The SMILES string of the molecule is C[C@H](Sc1nc2ccccc2c(=O)[nH]1)C(=O)Nc1ccc(F)cc1. The van der Waals surface area contributed by atoms with Crippen LogP contribution in [0.4, 0.5) is 10.1 Å². The zero-order chi connectivity index (χ0) is 17.1. The van der Waals surface area contributed by atoms with Crippen molar-refractivity contribution in [2.75, 3.05) is 5.32 Å². The minimum atomic E-state index is -0.487. The summed E-state index contributed by atoms with van der Waals surface area (Å²) in [4.78, 5) is 31.3. The molecule has 7 heteroatoms. The number of aromatic amines is 1. The van der Waals surface area contributed by atoms with Gasteiger partial charge in [-0.15, -0.1) is 0 Å². The maximum absolute atomic E-state index is 12.9. The summed E-state index contributed by atoms with van der Waals surface area (Å²) in [5, 5.41) is 3.09. The summed E-state index contributed by atoms with van der Waals surface area (Å²) in [6.07, 6.45) is 0. The number of H-pyrrole nitrogens is 1. The Morgan fingerprint density at radius 3 is 2.67 bits per heavy atom. The first kappa shape index (κ1) is 16.2. The van der Waals surface area contributed by atoms with E-state index in [2.05, 4.69) is 15.3 Å². The van der Waals surface area contributed by atoms with E-state index in [-0.39, 0.29) is 17.3 Å². The van der Waals surface area contributed by atoms with Gasteiger partial charge in [-0.1, -0.05) is 23.9 Å². The van der Waals surface area contributed by atoms with E-state index in [1.54, 1.807) is 31.2 Å². The van der Waals surface area contributed by atoms with Crippen molar-refractivity contribution in [3.8, 4) is 0 Å². The van der Waals surface area contributed by atoms with Crippen LogP contribution in [0.2, 0.25) is 0 Å². The fraction of sp³-hybridized carbons (Fsp3) is 0.118. The topological polar surface area (TPSA) is 74.8 Å². The molecule has 0 bridgehead atoms. The Balaban J connectivity index is 1.74. The molecule has 2 aromatic carbocycles. The van der Waals surface area contributed by atoms with Crippen LogP contribution in [0, 0.1) is 5.82 Å². The number of carbonyl (C=O) groups is 1. The number of hydrogen-bond donors (Lipinski definition) is 2. The molecule has 5 nitrogen and oxygen atoms in total. The number of nitrogens with one attached hydrogen (secondary N) is 2. The summed E-state index contributed by atoms with van der Waals surface area (Å²) >= 11 is 1.15. The summed E-state index contributed by atoms with van der Waals surface area (Å²) in [5.41, 5.74) is 0.845.